The fourth-order valence-electron chi connectivity index (χ4n) is 1.31. The molecule has 1 rings (SSSR count). The molecule has 16 heavy (non-hydrogen) atoms. The predicted octanol–water partition coefficient (Wildman–Crippen LogP) is 2.13. The van der Waals surface area contributed by atoms with E-state index in [1.807, 2.05) is 18.2 Å². The van der Waals surface area contributed by atoms with Crippen molar-refractivity contribution in [2.75, 3.05) is 7.11 Å². The molecule has 1 atom stereocenters. The topological polar surface area (TPSA) is 49.7 Å². The van der Waals surface area contributed by atoms with Gasteiger partial charge in [-0.25, -0.2) is 0 Å². The van der Waals surface area contributed by atoms with Gasteiger partial charge in [0.25, 0.3) is 0 Å². The minimum Gasteiger partial charge on any atom is -0.496 e. The second kappa shape index (κ2) is 5.17. The van der Waals surface area contributed by atoms with E-state index in [2.05, 4.69) is 15.9 Å². The summed E-state index contributed by atoms with van der Waals surface area (Å²) in [5.74, 6) is 0.751. The number of hydrogen-bond donors (Lipinski definition) is 2. The average molecular weight is 289 g/mol. The van der Waals surface area contributed by atoms with E-state index >= 15 is 0 Å². The molecule has 0 heterocycles. The summed E-state index contributed by atoms with van der Waals surface area (Å²) in [7, 11) is 1.60. The molecular weight excluding hydrogens is 272 g/mol. The van der Waals surface area contributed by atoms with E-state index in [-0.39, 0.29) is 0 Å². The van der Waals surface area contributed by atoms with E-state index < -0.39 is 11.7 Å². The predicted molar refractivity (Wildman–Crippen MR) is 66.7 cm³/mol. The molecule has 1 unspecified atom stereocenters. The number of benzene rings is 1. The van der Waals surface area contributed by atoms with Crippen LogP contribution in [-0.4, -0.2) is 29.0 Å². The molecule has 0 aliphatic carbocycles. The van der Waals surface area contributed by atoms with Crippen LogP contribution < -0.4 is 4.74 Å². The summed E-state index contributed by atoms with van der Waals surface area (Å²) in [5, 5.41) is 19.4. The highest BCUT2D eigenvalue weighted by Gasteiger charge is 2.24. The fraction of sp³-hybridized carbons (Fsp3) is 0.500. The number of hydrogen-bond acceptors (Lipinski definition) is 3. The zero-order valence-electron chi connectivity index (χ0n) is 9.70. The molecule has 0 bridgehead atoms. The van der Waals surface area contributed by atoms with Crippen molar-refractivity contribution >= 4 is 15.9 Å². The molecule has 0 amide bonds. The summed E-state index contributed by atoms with van der Waals surface area (Å²) < 4.78 is 5.96. The third kappa shape index (κ3) is 3.47. The molecule has 1 aromatic rings. The molecule has 3 nitrogen and oxygen atoms in total. The number of methoxy groups -OCH3 is 1. The van der Waals surface area contributed by atoms with E-state index in [0.29, 0.717) is 6.42 Å². The molecule has 0 aliphatic heterocycles. The summed E-state index contributed by atoms with van der Waals surface area (Å²) in [6.45, 7) is 3.19. The number of aliphatic hydroxyl groups excluding tert-OH is 1. The van der Waals surface area contributed by atoms with E-state index in [1.54, 1.807) is 21.0 Å². The normalized spacial score (nSPS) is 13.6. The van der Waals surface area contributed by atoms with Crippen molar-refractivity contribution in [1.29, 1.82) is 0 Å². The van der Waals surface area contributed by atoms with E-state index in [4.69, 9.17) is 4.74 Å². The first-order valence-corrected chi connectivity index (χ1v) is 5.86. The minimum atomic E-state index is -1.09. The maximum absolute atomic E-state index is 9.76. The molecule has 0 aromatic heterocycles. The quantitative estimate of drug-likeness (QED) is 0.892. The van der Waals surface area contributed by atoms with E-state index in [0.717, 1.165) is 15.8 Å². The first-order valence-electron chi connectivity index (χ1n) is 5.07. The van der Waals surface area contributed by atoms with Crippen LogP contribution in [0.15, 0.2) is 22.7 Å². The van der Waals surface area contributed by atoms with E-state index in [1.165, 1.54) is 0 Å². The van der Waals surface area contributed by atoms with Gasteiger partial charge in [0.15, 0.2) is 0 Å². The third-order valence-corrected chi connectivity index (χ3v) is 3.08. The van der Waals surface area contributed by atoms with Crippen LogP contribution >= 0.6 is 15.9 Å². The molecule has 90 valence electrons. The Bertz CT molecular complexity index is 358. The lowest BCUT2D eigenvalue weighted by Gasteiger charge is -2.24. The van der Waals surface area contributed by atoms with Gasteiger partial charge in [-0.3, -0.25) is 0 Å². The summed E-state index contributed by atoms with van der Waals surface area (Å²) in [5.41, 5.74) is -0.144. The Kier molecular flexibility index (Phi) is 4.35. The van der Waals surface area contributed by atoms with E-state index in [9.17, 15) is 10.2 Å². The number of ether oxygens (including phenoxy) is 1. The fourth-order valence-corrected chi connectivity index (χ4v) is 1.90. The molecule has 0 saturated heterocycles. The van der Waals surface area contributed by atoms with Crippen molar-refractivity contribution in [2.24, 2.45) is 0 Å². The SMILES string of the molecule is COc1ccc(CC(O)C(C)(C)O)cc1Br. The van der Waals surface area contributed by atoms with Crippen LogP contribution in [0.2, 0.25) is 0 Å². The second-order valence-electron chi connectivity index (χ2n) is 4.34. The lowest BCUT2D eigenvalue weighted by atomic mass is 9.95. The van der Waals surface area contributed by atoms with Gasteiger partial charge in [-0.05, 0) is 47.5 Å². The first-order chi connectivity index (χ1) is 7.34. The van der Waals surface area contributed by atoms with Gasteiger partial charge in [0.2, 0.25) is 0 Å². The van der Waals surface area contributed by atoms with Gasteiger partial charge < -0.3 is 14.9 Å². The number of rotatable bonds is 4. The van der Waals surface area contributed by atoms with Crippen LogP contribution in [0.3, 0.4) is 0 Å². The van der Waals surface area contributed by atoms with Gasteiger partial charge in [0, 0.05) is 6.42 Å². The van der Waals surface area contributed by atoms with Crippen LogP contribution in [0.1, 0.15) is 19.4 Å². The smallest absolute Gasteiger partial charge is 0.133 e. The standard InChI is InChI=1S/C12H17BrO3/c1-12(2,15)11(14)7-8-4-5-10(16-3)9(13)6-8/h4-6,11,14-15H,7H2,1-3H3. The van der Waals surface area contributed by atoms with Crippen LogP contribution in [0.25, 0.3) is 0 Å². The Morgan fingerprint density at radius 1 is 1.44 bits per heavy atom. The molecule has 0 spiro atoms. The van der Waals surface area contributed by atoms with Crippen molar-refractivity contribution in [3.8, 4) is 5.75 Å². The van der Waals surface area contributed by atoms with Crippen molar-refractivity contribution in [1.82, 2.24) is 0 Å². The zero-order chi connectivity index (χ0) is 12.3. The molecule has 1 aromatic carbocycles. The van der Waals surface area contributed by atoms with Crippen LogP contribution in [0.4, 0.5) is 0 Å². The van der Waals surface area contributed by atoms with Crippen LogP contribution in [0, 0.1) is 0 Å². The van der Waals surface area contributed by atoms with Gasteiger partial charge in [-0.15, -0.1) is 0 Å². The Morgan fingerprint density at radius 2 is 2.06 bits per heavy atom. The highest BCUT2D eigenvalue weighted by atomic mass is 79.9. The highest BCUT2D eigenvalue weighted by Crippen LogP contribution is 2.26. The maximum atomic E-state index is 9.76. The average Bonchev–Trinajstić information content (AvgIpc) is 2.16. The zero-order valence-corrected chi connectivity index (χ0v) is 11.3. The van der Waals surface area contributed by atoms with Crippen molar-refractivity contribution in [3.05, 3.63) is 28.2 Å². The molecular formula is C12H17BrO3. The molecule has 4 heteroatoms. The third-order valence-electron chi connectivity index (χ3n) is 2.46. The van der Waals surface area contributed by atoms with Crippen LogP contribution in [0.5, 0.6) is 5.75 Å². The van der Waals surface area contributed by atoms with Gasteiger partial charge in [0.05, 0.1) is 23.3 Å². The molecule has 2 N–H and O–H groups in total. The maximum Gasteiger partial charge on any atom is 0.133 e. The lowest BCUT2D eigenvalue weighted by Crippen LogP contribution is -2.37. The summed E-state index contributed by atoms with van der Waals surface area (Å²) in [6, 6.07) is 5.59. The van der Waals surface area contributed by atoms with Crippen molar-refractivity contribution in [3.63, 3.8) is 0 Å². The number of aliphatic hydroxyl groups is 2. The monoisotopic (exact) mass is 288 g/mol. The Morgan fingerprint density at radius 3 is 2.50 bits per heavy atom. The molecule has 0 saturated carbocycles. The van der Waals surface area contributed by atoms with Gasteiger partial charge in [0.1, 0.15) is 5.75 Å². The lowest BCUT2D eigenvalue weighted by molar-refractivity contribution is -0.0469. The van der Waals surface area contributed by atoms with Crippen molar-refractivity contribution in [2.45, 2.75) is 32.0 Å². The molecule has 0 fully saturated rings. The van der Waals surface area contributed by atoms with Gasteiger partial charge >= 0.3 is 0 Å². The highest BCUT2D eigenvalue weighted by molar-refractivity contribution is 9.10. The van der Waals surface area contributed by atoms with Gasteiger partial charge in [-0.1, -0.05) is 6.07 Å². The number of halogens is 1. The first kappa shape index (κ1) is 13.5. The molecule has 0 aliphatic rings. The summed E-state index contributed by atoms with van der Waals surface area (Å²) in [6.07, 6.45) is -0.376. The van der Waals surface area contributed by atoms with Crippen LogP contribution in [-0.2, 0) is 6.42 Å². The molecule has 0 radical (unpaired) electrons. The summed E-state index contributed by atoms with van der Waals surface area (Å²) >= 11 is 3.38. The summed E-state index contributed by atoms with van der Waals surface area (Å²) in [4.78, 5) is 0. The minimum absolute atomic E-state index is 0.409. The largest absolute Gasteiger partial charge is 0.496 e. The Labute approximate surface area is 104 Å². The Balaban J connectivity index is 2.79. The second-order valence-corrected chi connectivity index (χ2v) is 5.20. The Hall–Kier alpha value is -0.580. The van der Waals surface area contributed by atoms with Gasteiger partial charge in [-0.2, -0.15) is 0 Å². The van der Waals surface area contributed by atoms with Crippen molar-refractivity contribution < 1.29 is 14.9 Å².